The molecule has 0 aromatic heterocycles. The molecule has 2 fully saturated rings. The van der Waals surface area contributed by atoms with Gasteiger partial charge in [-0.2, -0.15) is 0 Å². The zero-order valence-electron chi connectivity index (χ0n) is 13.0. The second-order valence-electron chi connectivity index (χ2n) is 6.21. The number of rotatable bonds is 4. The Kier molecular flexibility index (Phi) is 4.12. The van der Waals surface area contributed by atoms with Gasteiger partial charge in [0.1, 0.15) is 5.75 Å². The van der Waals surface area contributed by atoms with E-state index < -0.39 is 6.36 Å². The molecule has 0 heterocycles. The lowest BCUT2D eigenvalue weighted by molar-refractivity contribution is -0.274. The summed E-state index contributed by atoms with van der Waals surface area (Å²) in [5.74, 6) is 1.24. The summed E-state index contributed by atoms with van der Waals surface area (Å²) in [5.41, 5.74) is 0.581. The molecule has 0 saturated heterocycles. The molecule has 0 radical (unpaired) electrons. The fraction of sp³-hybridized carbons (Fsp3) is 0.562. The quantitative estimate of drug-likeness (QED) is 0.660. The maximum atomic E-state index is 12.5. The number of alkyl halides is 3. The summed E-state index contributed by atoms with van der Waals surface area (Å²) in [6, 6.07) is 6.84. The van der Waals surface area contributed by atoms with Crippen LogP contribution in [0, 0.1) is 5.92 Å². The van der Waals surface area contributed by atoms with Gasteiger partial charge in [0, 0.05) is 25.0 Å². The van der Waals surface area contributed by atoms with E-state index in [-0.39, 0.29) is 17.7 Å². The number of nitrogens with zero attached hydrogens (tertiary/aromatic N) is 1. The minimum absolute atomic E-state index is 0.00345. The molecule has 7 heteroatoms. The van der Waals surface area contributed by atoms with Gasteiger partial charge in [0.15, 0.2) is 5.96 Å². The molecule has 23 heavy (non-hydrogen) atoms. The predicted molar refractivity (Wildman–Crippen MR) is 81.5 cm³/mol. The minimum atomic E-state index is -4.67. The highest BCUT2D eigenvalue weighted by molar-refractivity contribution is 5.81. The van der Waals surface area contributed by atoms with Gasteiger partial charge in [0.2, 0.25) is 0 Å². The second kappa shape index (κ2) is 5.94. The molecule has 4 unspecified atom stereocenters. The van der Waals surface area contributed by atoms with Gasteiger partial charge in [0.25, 0.3) is 0 Å². The highest BCUT2D eigenvalue weighted by atomic mass is 19.4. The van der Waals surface area contributed by atoms with Crippen molar-refractivity contribution in [2.75, 3.05) is 7.05 Å². The van der Waals surface area contributed by atoms with Crippen molar-refractivity contribution >= 4 is 5.96 Å². The Bertz CT molecular complexity index is 602. The first-order valence-corrected chi connectivity index (χ1v) is 7.72. The van der Waals surface area contributed by atoms with E-state index in [2.05, 4.69) is 27.3 Å². The molecule has 1 aromatic carbocycles. The number of hydrogen-bond acceptors (Lipinski definition) is 2. The van der Waals surface area contributed by atoms with Crippen LogP contribution in [0.25, 0.3) is 0 Å². The summed E-state index contributed by atoms with van der Waals surface area (Å²) in [7, 11) is 1.69. The van der Waals surface area contributed by atoms with Crippen LogP contribution in [0.4, 0.5) is 13.2 Å². The van der Waals surface area contributed by atoms with E-state index in [0.717, 1.165) is 12.8 Å². The van der Waals surface area contributed by atoms with Crippen LogP contribution in [0.1, 0.15) is 31.2 Å². The van der Waals surface area contributed by atoms with Crippen LogP contribution in [-0.2, 0) is 0 Å². The highest BCUT2D eigenvalue weighted by Crippen LogP contribution is 2.45. The Morgan fingerprint density at radius 1 is 1.17 bits per heavy atom. The number of para-hydroxylation sites is 1. The van der Waals surface area contributed by atoms with Crippen molar-refractivity contribution in [2.45, 2.75) is 44.1 Å². The third-order valence-electron chi connectivity index (χ3n) is 4.31. The van der Waals surface area contributed by atoms with Crippen LogP contribution in [-0.4, -0.2) is 31.5 Å². The van der Waals surface area contributed by atoms with Crippen molar-refractivity contribution < 1.29 is 17.9 Å². The molecule has 0 aliphatic heterocycles. The topological polar surface area (TPSA) is 45.7 Å². The Labute approximate surface area is 133 Å². The van der Waals surface area contributed by atoms with Crippen LogP contribution in [0.15, 0.2) is 29.3 Å². The number of halogens is 3. The van der Waals surface area contributed by atoms with Crippen LogP contribution in [0.5, 0.6) is 5.75 Å². The van der Waals surface area contributed by atoms with Gasteiger partial charge in [0.05, 0.1) is 0 Å². The number of nitrogens with one attached hydrogen (secondary N) is 2. The van der Waals surface area contributed by atoms with E-state index in [1.807, 2.05) is 0 Å². The average Bonchev–Trinajstić information content (AvgIpc) is 3.37. The van der Waals surface area contributed by atoms with E-state index in [1.54, 1.807) is 25.2 Å². The van der Waals surface area contributed by atoms with E-state index in [9.17, 15) is 13.2 Å². The molecule has 1 aromatic rings. The number of aliphatic imine (C=N–C) groups is 1. The van der Waals surface area contributed by atoms with Gasteiger partial charge in [-0.05, 0) is 30.4 Å². The summed E-state index contributed by atoms with van der Waals surface area (Å²) < 4.78 is 41.6. The van der Waals surface area contributed by atoms with Crippen molar-refractivity contribution in [3.8, 4) is 5.75 Å². The summed E-state index contributed by atoms with van der Waals surface area (Å²) in [4.78, 5) is 4.18. The molecule has 0 bridgehead atoms. The lowest BCUT2D eigenvalue weighted by atomic mass is 10.1. The normalized spacial score (nSPS) is 29.9. The molecule has 0 spiro atoms. The summed E-state index contributed by atoms with van der Waals surface area (Å²) in [5, 5.41) is 6.59. The Balaban J connectivity index is 1.62. The lowest BCUT2D eigenvalue weighted by Crippen LogP contribution is -2.40. The molecular weight excluding hydrogens is 307 g/mol. The fourth-order valence-corrected chi connectivity index (χ4v) is 2.75. The maximum absolute atomic E-state index is 12.5. The SMILES string of the molecule is CN=C(NC1CC1C)NC1CC1c1ccccc1OC(F)(F)F. The van der Waals surface area contributed by atoms with Crippen molar-refractivity contribution in [1.29, 1.82) is 0 Å². The monoisotopic (exact) mass is 327 g/mol. The fourth-order valence-electron chi connectivity index (χ4n) is 2.75. The largest absolute Gasteiger partial charge is 0.573 e. The molecule has 2 aliphatic rings. The Hall–Kier alpha value is -1.92. The Morgan fingerprint density at radius 3 is 2.43 bits per heavy atom. The standard InChI is InChI=1S/C16H20F3N3O/c1-9-7-12(9)21-15(20-2)22-13-8-11(13)10-5-3-4-6-14(10)23-16(17,18)19/h3-6,9,11-13H,7-8H2,1-2H3,(H2,20,21,22). The van der Waals surface area contributed by atoms with Gasteiger partial charge in [-0.25, -0.2) is 0 Å². The summed E-state index contributed by atoms with van der Waals surface area (Å²) in [6.45, 7) is 2.16. The zero-order chi connectivity index (χ0) is 16.6. The highest BCUT2D eigenvalue weighted by Gasteiger charge is 2.43. The van der Waals surface area contributed by atoms with E-state index >= 15 is 0 Å². The molecule has 2 saturated carbocycles. The smallest absolute Gasteiger partial charge is 0.405 e. The molecule has 2 N–H and O–H groups in total. The zero-order valence-corrected chi connectivity index (χ0v) is 13.0. The van der Waals surface area contributed by atoms with Gasteiger partial charge in [-0.1, -0.05) is 25.1 Å². The third kappa shape index (κ3) is 4.09. The van der Waals surface area contributed by atoms with Crippen molar-refractivity contribution in [3.63, 3.8) is 0 Å². The first kappa shape index (κ1) is 16.0. The minimum Gasteiger partial charge on any atom is -0.405 e. The van der Waals surface area contributed by atoms with Crippen molar-refractivity contribution in [1.82, 2.24) is 10.6 Å². The number of hydrogen-bond donors (Lipinski definition) is 2. The number of ether oxygens (including phenoxy) is 1. The van der Waals surface area contributed by atoms with E-state index in [4.69, 9.17) is 0 Å². The van der Waals surface area contributed by atoms with E-state index in [0.29, 0.717) is 23.5 Å². The van der Waals surface area contributed by atoms with Crippen LogP contribution in [0.2, 0.25) is 0 Å². The molecule has 126 valence electrons. The van der Waals surface area contributed by atoms with Crippen LogP contribution >= 0.6 is 0 Å². The van der Waals surface area contributed by atoms with Gasteiger partial charge < -0.3 is 15.4 Å². The van der Waals surface area contributed by atoms with Gasteiger partial charge in [-0.3, -0.25) is 4.99 Å². The lowest BCUT2D eigenvalue weighted by Gasteiger charge is -2.14. The van der Waals surface area contributed by atoms with Gasteiger partial charge >= 0.3 is 6.36 Å². The van der Waals surface area contributed by atoms with Crippen LogP contribution < -0.4 is 15.4 Å². The molecule has 0 amide bonds. The number of benzene rings is 1. The van der Waals surface area contributed by atoms with E-state index in [1.165, 1.54) is 6.07 Å². The molecule has 2 aliphatic carbocycles. The first-order valence-electron chi connectivity index (χ1n) is 7.72. The molecule has 4 nitrogen and oxygen atoms in total. The average molecular weight is 327 g/mol. The molecular formula is C16H20F3N3O. The maximum Gasteiger partial charge on any atom is 0.573 e. The van der Waals surface area contributed by atoms with Crippen molar-refractivity contribution in [3.05, 3.63) is 29.8 Å². The van der Waals surface area contributed by atoms with Crippen LogP contribution in [0.3, 0.4) is 0 Å². The second-order valence-corrected chi connectivity index (χ2v) is 6.21. The Morgan fingerprint density at radius 2 is 1.83 bits per heavy atom. The molecule has 4 atom stereocenters. The number of guanidine groups is 1. The van der Waals surface area contributed by atoms with Crippen molar-refractivity contribution in [2.24, 2.45) is 10.9 Å². The predicted octanol–water partition coefficient (Wildman–Crippen LogP) is 3.01. The molecule has 3 rings (SSSR count). The third-order valence-corrected chi connectivity index (χ3v) is 4.31. The first-order chi connectivity index (χ1) is 10.9. The summed E-state index contributed by atoms with van der Waals surface area (Å²) >= 11 is 0. The summed E-state index contributed by atoms with van der Waals surface area (Å²) in [6.07, 6.45) is -2.79. The van der Waals surface area contributed by atoms with Gasteiger partial charge in [-0.15, -0.1) is 13.2 Å².